The van der Waals surface area contributed by atoms with E-state index < -0.39 is 35.4 Å². The van der Waals surface area contributed by atoms with E-state index in [0.717, 1.165) is 57.6 Å². The van der Waals surface area contributed by atoms with Gasteiger partial charge in [0.2, 0.25) is 0 Å². The molecule has 6 rings (SSSR count). The zero-order chi connectivity index (χ0) is 46.3. The van der Waals surface area contributed by atoms with E-state index in [-0.39, 0.29) is 75.6 Å². The van der Waals surface area contributed by atoms with Crippen LogP contribution >= 0.6 is 0 Å². The molecule has 0 saturated heterocycles. The Kier molecular flexibility index (Phi) is 19.2. The summed E-state index contributed by atoms with van der Waals surface area (Å²) in [6.45, 7) is 3.90. The van der Waals surface area contributed by atoms with Crippen LogP contribution in [0.2, 0.25) is 0 Å². The second-order valence-electron chi connectivity index (χ2n) is 14.4. The van der Waals surface area contributed by atoms with E-state index in [4.69, 9.17) is 19.7 Å². The van der Waals surface area contributed by atoms with Crippen molar-refractivity contribution in [1.29, 1.82) is 0 Å². The van der Waals surface area contributed by atoms with E-state index in [0.29, 0.717) is 22.6 Å². The van der Waals surface area contributed by atoms with Crippen molar-refractivity contribution in [2.45, 2.75) is 64.1 Å². The summed E-state index contributed by atoms with van der Waals surface area (Å²) < 4.78 is 88.2. The number of halogens is 6. The average molecular weight is 917 g/mol. The van der Waals surface area contributed by atoms with Crippen molar-refractivity contribution in [2.24, 2.45) is 0 Å². The summed E-state index contributed by atoms with van der Waals surface area (Å²) in [5.74, 6) is 9.99. The van der Waals surface area contributed by atoms with Crippen LogP contribution in [0.15, 0.2) is 146 Å². The van der Waals surface area contributed by atoms with Crippen LogP contribution in [0.1, 0.15) is 71.9 Å². The van der Waals surface area contributed by atoms with Crippen LogP contribution in [0, 0.1) is 23.7 Å². The summed E-state index contributed by atoms with van der Waals surface area (Å²) in [6.07, 6.45) is -8.86. The van der Waals surface area contributed by atoms with Gasteiger partial charge in [0.1, 0.15) is 24.7 Å². The molecule has 0 aliphatic heterocycles. The van der Waals surface area contributed by atoms with Gasteiger partial charge in [-0.25, -0.2) is 0 Å². The molecule has 2 radical (unpaired) electrons. The van der Waals surface area contributed by atoms with Gasteiger partial charge in [0.05, 0.1) is 35.8 Å². The number of carboxylic acids is 2. The topological polar surface area (TPSA) is 93.1 Å². The molecule has 6 aromatic rings. The molecule has 0 bridgehead atoms. The Morgan fingerprint density at radius 2 is 0.846 bits per heavy atom. The van der Waals surface area contributed by atoms with Crippen LogP contribution < -0.4 is 9.47 Å². The van der Waals surface area contributed by atoms with Crippen LogP contribution in [0.5, 0.6) is 11.5 Å². The minimum atomic E-state index is -4.36. The number of aliphatic carboxylic acids is 2. The molecule has 65 heavy (non-hydrogen) atoms. The maximum Gasteiger partial charge on any atom is 0.416 e. The molecule has 6 aromatic carbocycles. The first-order valence-corrected chi connectivity index (χ1v) is 19.8. The van der Waals surface area contributed by atoms with Crippen molar-refractivity contribution in [3.63, 3.8) is 0 Å². The Labute approximate surface area is 403 Å². The first-order chi connectivity index (χ1) is 30.5. The van der Waals surface area contributed by atoms with E-state index in [1.165, 1.54) is 24.3 Å². The summed E-state index contributed by atoms with van der Waals surface area (Å²) in [6, 6.07) is 39.2. The third-order valence-electron chi connectivity index (χ3n) is 9.72. The Balaban J connectivity index is 0.000000280. The molecule has 0 heterocycles. The maximum atomic E-state index is 12.8. The zero-order valence-electron chi connectivity index (χ0n) is 35.3. The fraction of sp³-hybridized carbons (Fsp3) is 0.192. The number of carbonyl (C=O) groups is 2. The molecule has 0 saturated carbocycles. The van der Waals surface area contributed by atoms with Crippen molar-refractivity contribution < 1.29 is 55.6 Å². The van der Waals surface area contributed by atoms with E-state index in [2.05, 4.69) is 23.7 Å². The second-order valence-corrected chi connectivity index (χ2v) is 14.4. The summed E-state index contributed by atoms with van der Waals surface area (Å²) in [5.41, 5.74) is 4.95. The van der Waals surface area contributed by atoms with Gasteiger partial charge in [-0.15, -0.1) is 11.8 Å². The van der Waals surface area contributed by atoms with E-state index in [9.17, 15) is 35.9 Å². The first kappa shape index (κ1) is 51.5. The van der Waals surface area contributed by atoms with Gasteiger partial charge in [0.25, 0.3) is 0 Å². The first-order valence-electron chi connectivity index (χ1n) is 19.8. The third kappa shape index (κ3) is 16.1. The Morgan fingerprint density at radius 3 is 1.14 bits per heavy atom. The predicted octanol–water partition coefficient (Wildman–Crippen LogP) is 12.7. The van der Waals surface area contributed by atoms with Gasteiger partial charge in [-0.1, -0.05) is 96.8 Å². The molecule has 0 unspecified atom stereocenters. The van der Waals surface area contributed by atoms with Gasteiger partial charge in [-0.3, -0.25) is 9.59 Å². The number of carboxylic acid groups (broad SMARTS) is 2. The quantitative estimate of drug-likeness (QED) is 0.0642. The van der Waals surface area contributed by atoms with Crippen LogP contribution in [0.25, 0.3) is 22.3 Å². The van der Waals surface area contributed by atoms with E-state index in [1.54, 1.807) is 62.4 Å². The molecule has 0 aliphatic carbocycles. The van der Waals surface area contributed by atoms with Crippen molar-refractivity contribution in [2.75, 3.05) is 0 Å². The third-order valence-corrected chi connectivity index (χ3v) is 9.72. The number of benzene rings is 6. The molecular weight excluding hydrogens is 875 g/mol. The Hall–Kier alpha value is -6.18. The molecule has 0 amide bonds. The standard InChI is InChI=1S/2C26H21F3O3.Ca/c2*1-2-4-21(16-25(30)31)20-9-13-24(14-10-20)32-17-18-5-3-6-22(15-18)19-7-11-23(12-8-19)26(27,28)29;/h2*3,5-15,21H,16-17H2,1H3,(H,30,31);/t2*21-;/m00./s1. The van der Waals surface area contributed by atoms with Crippen LogP contribution in [0.4, 0.5) is 26.3 Å². The minimum absolute atomic E-state index is 0. The SMILES string of the molecule is CC#C[C@@H](CC(=O)O)c1ccc(OCc2cccc(-c3ccc(C(F)(F)F)cc3)c2)cc1.CC#C[C@@H](CC(=O)O)c1ccc(OCc2cccc(-c3ccc(C(F)(F)F)cc3)c2)cc1.[Ca]. The number of hydrogen-bond acceptors (Lipinski definition) is 4. The minimum Gasteiger partial charge on any atom is -0.489 e. The van der Waals surface area contributed by atoms with Crippen LogP contribution in [-0.4, -0.2) is 59.9 Å². The molecule has 2 atom stereocenters. The van der Waals surface area contributed by atoms with Crippen molar-refractivity contribution in [3.05, 3.63) is 179 Å². The fourth-order valence-corrected chi connectivity index (χ4v) is 6.51. The molecule has 0 fully saturated rings. The maximum absolute atomic E-state index is 12.8. The molecule has 0 aliphatic rings. The Morgan fingerprint density at radius 1 is 0.508 bits per heavy atom. The number of ether oxygens (including phenoxy) is 2. The van der Waals surface area contributed by atoms with Crippen LogP contribution in [-0.2, 0) is 35.2 Å². The zero-order valence-corrected chi connectivity index (χ0v) is 37.6. The van der Waals surface area contributed by atoms with Gasteiger partial charge in [0.15, 0.2) is 0 Å². The molecule has 2 N–H and O–H groups in total. The molecule has 13 heteroatoms. The van der Waals surface area contributed by atoms with Gasteiger partial charge in [-0.2, -0.15) is 26.3 Å². The van der Waals surface area contributed by atoms with Crippen molar-refractivity contribution in [1.82, 2.24) is 0 Å². The largest absolute Gasteiger partial charge is 0.489 e. The molecule has 6 nitrogen and oxygen atoms in total. The molecule has 0 aromatic heterocycles. The summed E-state index contributed by atoms with van der Waals surface area (Å²) in [7, 11) is 0. The van der Waals surface area contributed by atoms with Gasteiger partial charge >= 0.3 is 24.3 Å². The van der Waals surface area contributed by atoms with E-state index in [1.807, 2.05) is 48.5 Å². The molecule has 0 spiro atoms. The van der Waals surface area contributed by atoms with Crippen molar-refractivity contribution >= 4 is 49.7 Å². The Bertz CT molecular complexity index is 2440. The monoisotopic (exact) mass is 916 g/mol. The second kappa shape index (κ2) is 24.2. The normalized spacial score (nSPS) is 11.7. The molecular formula is C52H42CaF6O6. The van der Waals surface area contributed by atoms with E-state index >= 15 is 0 Å². The number of rotatable bonds is 14. The number of hydrogen-bond donors (Lipinski definition) is 2. The van der Waals surface area contributed by atoms with Crippen molar-refractivity contribution in [3.8, 4) is 57.4 Å². The van der Waals surface area contributed by atoms with Gasteiger partial charge < -0.3 is 19.7 Å². The summed E-state index contributed by atoms with van der Waals surface area (Å²) >= 11 is 0. The number of alkyl halides is 6. The predicted molar refractivity (Wildman–Crippen MR) is 238 cm³/mol. The molecule has 330 valence electrons. The van der Waals surface area contributed by atoms with Crippen LogP contribution in [0.3, 0.4) is 0 Å². The summed E-state index contributed by atoms with van der Waals surface area (Å²) in [4.78, 5) is 22.1. The average Bonchev–Trinajstić information content (AvgIpc) is 3.27. The smallest absolute Gasteiger partial charge is 0.416 e. The van der Waals surface area contributed by atoms with Gasteiger partial charge in [-0.05, 0) is 119 Å². The summed E-state index contributed by atoms with van der Waals surface area (Å²) in [5, 5.41) is 18.1. The fourth-order valence-electron chi connectivity index (χ4n) is 6.51. The van der Waals surface area contributed by atoms with Gasteiger partial charge in [0, 0.05) is 37.7 Å².